The molecule has 1 N–H and O–H groups in total. The fraction of sp³-hybridized carbons (Fsp3) is 0.622. The smallest absolute Gasteiger partial charge is 0.0686 e. The zero-order valence-electron chi connectivity index (χ0n) is 34.4. The first-order valence-corrected chi connectivity index (χ1v) is 20.1. The summed E-state index contributed by atoms with van der Waals surface area (Å²) in [6, 6.07) is 4.40. The van der Waals surface area contributed by atoms with Crippen molar-refractivity contribution in [1.29, 1.82) is 0 Å². The van der Waals surface area contributed by atoms with Crippen molar-refractivity contribution in [2.45, 2.75) is 160 Å². The molecule has 0 saturated carbocycles. The van der Waals surface area contributed by atoms with Crippen LogP contribution < -0.4 is 5.32 Å². The molecule has 280 valence electrons. The van der Waals surface area contributed by atoms with Crippen molar-refractivity contribution in [3.63, 3.8) is 0 Å². The monoisotopic (exact) mass is 695 g/mol. The van der Waals surface area contributed by atoms with Crippen LogP contribution in [-0.2, 0) is 11.2 Å². The molecule has 0 bridgehead atoms. The second-order valence-corrected chi connectivity index (χ2v) is 13.5. The minimum Gasteiger partial charge on any atom is -0.385 e. The van der Waals surface area contributed by atoms with Crippen LogP contribution in [0.5, 0.6) is 0 Å². The summed E-state index contributed by atoms with van der Waals surface area (Å²) in [5, 5.41) is 3.54. The second kappa shape index (κ2) is 31.7. The highest BCUT2D eigenvalue weighted by atomic mass is 32.1. The fourth-order valence-corrected chi connectivity index (χ4v) is 5.86. The Hall–Kier alpha value is -2.30. The first-order chi connectivity index (χ1) is 23.5. The Morgan fingerprint density at radius 2 is 1.65 bits per heavy atom. The van der Waals surface area contributed by atoms with Gasteiger partial charge in [0.1, 0.15) is 0 Å². The number of benzene rings is 1. The number of nitrogens with zero attached hydrogens (tertiary/aromatic N) is 1. The molecule has 0 radical (unpaired) electrons. The van der Waals surface area contributed by atoms with E-state index >= 15 is 0 Å². The SMILES string of the molecule is C=C(/C=C\C=C(/C)NCC1=C(C)C=C(C)CC1)C(CCC)CCC.CC.CC=Nc1c(C)cc(C)cc1CC.CCC.SCCC1CCO1. The van der Waals surface area contributed by atoms with E-state index in [2.05, 4.69) is 135 Å². The molecule has 3 rings (SSSR count). The maximum absolute atomic E-state index is 5.12. The Balaban J connectivity index is 0. The predicted molar refractivity (Wildman–Crippen MR) is 228 cm³/mol. The lowest BCUT2D eigenvalue weighted by Gasteiger charge is -2.25. The van der Waals surface area contributed by atoms with Crippen LogP contribution in [0.4, 0.5) is 5.69 Å². The third kappa shape index (κ3) is 22.9. The van der Waals surface area contributed by atoms with E-state index in [-0.39, 0.29) is 0 Å². The molecule has 1 fully saturated rings. The highest BCUT2D eigenvalue weighted by Gasteiger charge is 2.15. The van der Waals surface area contributed by atoms with Crippen molar-refractivity contribution < 1.29 is 4.74 Å². The van der Waals surface area contributed by atoms with Crippen molar-refractivity contribution in [1.82, 2.24) is 5.32 Å². The molecule has 1 saturated heterocycles. The summed E-state index contributed by atoms with van der Waals surface area (Å²) in [5.41, 5.74) is 12.0. The summed E-state index contributed by atoms with van der Waals surface area (Å²) >= 11 is 4.07. The van der Waals surface area contributed by atoms with E-state index < -0.39 is 0 Å². The molecule has 1 atom stereocenters. The van der Waals surface area contributed by atoms with Crippen molar-refractivity contribution in [3.8, 4) is 0 Å². The van der Waals surface area contributed by atoms with Crippen molar-refractivity contribution >= 4 is 24.5 Å². The van der Waals surface area contributed by atoms with E-state index in [9.17, 15) is 0 Å². The Labute approximate surface area is 311 Å². The standard InChI is InChI=1S/C23H37N.C12H17N.C5H10OS.C3H8.C2H6/c1-7-10-22(11-8-2)19(4)12-9-13-21(6)24-17-23-15-14-18(3)16-20(23)5;1-5-11-8-9(3)7-10(4)12(11)13-6-2;7-4-2-5-1-3-6-5;1-3-2;1-2/h9,12-13,16,22,24H,4,7-8,10-11,14-15,17H2,1-3,5-6H3;6-8H,5H2,1-4H3;5,7H,1-4H2;3H2,1-2H3;1-2H3/b12-9-,21-13+;;;;. The topological polar surface area (TPSA) is 33.6 Å². The lowest BCUT2D eigenvalue weighted by atomic mass is 9.91. The maximum Gasteiger partial charge on any atom is 0.0686 e. The van der Waals surface area contributed by atoms with Gasteiger partial charge in [-0.25, -0.2) is 0 Å². The predicted octanol–water partition coefficient (Wildman–Crippen LogP) is 14.0. The number of allylic oxidation sites excluding steroid dienone is 8. The second-order valence-electron chi connectivity index (χ2n) is 13.0. The van der Waals surface area contributed by atoms with Gasteiger partial charge in [-0.1, -0.05) is 127 Å². The summed E-state index contributed by atoms with van der Waals surface area (Å²) in [4.78, 5) is 4.39. The number of hydrogen-bond acceptors (Lipinski definition) is 4. The largest absolute Gasteiger partial charge is 0.385 e. The molecule has 1 aromatic carbocycles. The van der Waals surface area contributed by atoms with Crippen LogP contribution in [0.2, 0.25) is 0 Å². The van der Waals surface area contributed by atoms with Gasteiger partial charge in [-0.05, 0) is 121 Å². The number of hydrogen-bond donors (Lipinski definition) is 2. The number of nitrogens with one attached hydrogen (secondary N) is 1. The van der Waals surface area contributed by atoms with Crippen LogP contribution in [-0.4, -0.2) is 31.2 Å². The highest BCUT2D eigenvalue weighted by Crippen LogP contribution is 2.26. The fourth-order valence-electron chi connectivity index (χ4n) is 5.57. The molecule has 4 heteroatoms. The summed E-state index contributed by atoms with van der Waals surface area (Å²) in [5.74, 6) is 1.60. The van der Waals surface area contributed by atoms with Crippen molar-refractivity contribution in [3.05, 3.63) is 87.7 Å². The van der Waals surface area contributed by atoms with Crippen LogP contribution in [0.3, 0.4) is 0 Å². The van der Waals surface area contributed by atoms with E-state index in [4.69, 9.17) is 4.74 Å². The van der Waals surface area contributed by atoms with Gasteiger partial charge in [-0.2, -0.15) is 12.6 Å². The molecular formula is C45H78N2OS. The molecule has 3 nitrogen and oxygen atoms in total. The molecular weight excluding hydrogens is 617 g/mol. The van der Waals surface area contributed by atoms with Gasteiger partial charge in [0.2, 0.25) is 0 Å². The van der Waals surface area contributed by atoms with Crippen molar-refractivity contribution in [2.75, 3.05) is 18.9 Å². The highest BCUT2D eigenvalue weighted by molar-refractivity contribution is 7.80. The molecule has 0 aromatic heterocycles. The molecule has 49 heavy (non-hydrogen) atoms. The Morgan fingerprint density at radius 1 is 1.04 bits per heavy atom. The van der Waals surface area contributed by atoms with Gasteiger partial charge in [-0.15, -0.1) is 0 Å². The van der Waals surface area contributed by atoms with Gasteiger partial charge in [0.25, 0.3) is 0 Å². The lowest BCUT2D eigenvalue weighted by molar-refractivity contribution is -0.0508. The minimum absolute atomic E-state index is 0.553. The third-order valence-corrected chi connectivity index (χ3v) is 8.54. The van der Waals surface area contributed by atoms with E-state index in [0.717, 1.165) is 37.4 Å². The van der Waals surface area contributed by atoms with Gasteiger partial charge in [-0.3, -0.25) is 4.99 Å². The average Bonchev–Trinajstić information content (AvgIpc) is 3.05. The molecule has 0 spiro atoms. The van der Waals surface area contributed by atoms with E-state index in [1.807, 2.05) is 27.0 Å². The molecule has 1 aliphatic heterocycles. The summed E-state index contributed by atoms with van der Waals surface area (Å²) in [6.07, 6.45) is 23.3. The Bertz CT molecular complexity index is 1160. The van der Waals surface area contributed by atoms with Gasteiger partial charge >= 0.3 is 0 Å². The number of thiol groups is 1. The quantitative estimate of drug-likeness (QED) is 0.115. The summed E-state index contributed by atoms with van der Waals surface area (Å²) in [7, 11) is 0. The number of ether oxygens (including phenoxy) is 1. The third-order valence-electron chi connectivity index (χ3n) is 8.28. The Morgan fingerprint density at radius 3 is 2.10 bits per heavy atom. The van der Waals surface area contributed by atoms with E-state index in [1.165, 1.54) is 96.0 Å². The first-order valence-electron chi connectivity index (χ1n) is 19.5. The van der Waals surface area contributed by atoms with Crippen LogP contribution >= 0.6 is 12.6 Å². The molecule has 0 amide bonds. The molecule has 1 aliphatic carbocycles. The number of rotatable bonds is 14. The molecule has 1 heterocycles. The number of aliphatic imine (C=N–C) groups is 1. The van der Waals surface area contributed by atoms with E-state index in [0.29, 0.717) is 12.0 Å². The average molecular weight is 695 g/mol. The zero-order valence-corrected chi connectivity index (χ0v) is 35.3. The van der Waals surface area contributed by atoms with Gasteiger partial charge < -0.3 is 10.1 Å². The van der Waals surface area contributed by atoms with Crippen LogP contribution in [0, 0.1) is 19.8 Å². The molecule has 1 unspecified atom stereocenters. The van der Waals surface area contributed by atoms with Gasteiger partial charge in [0, 0.05) is 25.1 Å². The van der Waals surface area contributed by atoms with Crippen molar-refractivity contribution in [2.24, 2.45) is 10.9 Å². The Kier molecular flexibility index (Phi) is 31.5. The maximum atomic E-state index is 5.12. The van der Waals surface area contributed by atoms with Gasteiger partial charge in [0.05, 0.1) is 11.8 Å². The minimum atomic E-state index is 0.553. The van der Waals surface area contributed by atoms with Gasteiger partial charge in [0.15, 0.2) is 0 Å². The summed E-state index contributed by atoms with van der Waals surface area (Å²) in [6.45, 7) is 33.9. The van der Waals surface area contributed by atoms with Crippen LogP contribution in [0.1, 0.15) is 151 Å². The van der Waals surface area contributed by atoms with Crippen LogP contribution in [0.15, 0.2) is 76.0 Å². The number of aryl methyl sites for hydroxylation is 3. The lowest BCUT2D eigenvalue weighted by Crippen LogP contribution is -2.26. The molecule has 2 aliphatic rings. The first kappa shape index (κ1) is 48.8. The van der Waals surface area contributed by atoms with E-state index in [1.54, 1.807) is 0 Å². The normalized spacial score (nSPS) is 15.5. The molecule has 1 aromatic rings. The zero-order chi connectivity index (χ0) is 37.6. The summed E-state index contributed by atoms with van der Waals surface area (Å²) < 4.78 is 5.12. The van der Waals surface area contributed by atoms with Crippen LogP contribution in [0.25, 0.3) is 0 Å².